The van der Waals surface area contributed by atoms with E-state index in [9.17, 15) is 26.3 Å². The van der Waals surface area contributed by atoms with Gasteiger partial charge >= 0.3 is 12.4 Å². The fourth-order valence-corrected chi connectivity index (χ4v) is 3.63. The first-order chi connectivity index (χ1) is 11.8. The third-order valence-electron chi connectivity index (χ3n) is 5.46. The number of halogens is 6. The van der Waals surface area contributed by atoms with Gasteiger partial charge in [-0.2, -0.15) is 26.3 Å². The molecule has 0 saturated heterocycles. The van der Waals surface area contributed by atoms with Gasteiger partial charge in [0.25, 0.3) is 0 Å². The van der Waals surface area contributed by atoms with Crippen molar-refractivity contribution in [3.63, 3.8) is 0 Å². The zero-order chi connectivity index (χ0) is 19.5. The highest BCUT2D eigenvalue weighted by molar-refractivity contribution is 5.80. The highest BCUT2D eigenvalue weighted by atomic mass is 19.4. The molecule has 0 nitrogen and oxygen atoms in total. The molecule has 0 fully saturated rings. The maximum absolute atomic E-state index is 13.2. The predicted octanol–water partition coefficient (Wildman–Crippen LogP) is 6.67. The molecule has 1 aliphatic rings. The highest BCUT2D eigenvalue weighted by Crippen LogP contribution is 2.53. The molecule has 0 radical (unpaired) electrons. The van der Waals surface area contributed by atoms with E-state index in [2.05, 4.69) is 0 Å². The van der Waals surface area contributed by atoms with E-state index in [1.165, 1.54) is 12.1 Å². The molecule has 0 amide bonds. The van der Waals surface area contributed by atoms with Crippen LogP contribution in [0.15, 0.2) is 42.5 Å². The van der Waals surface area contributed by atoms with Gasteiger partial charge in [-0.05, 0) is 41.2 Å². The van der Waals surface area contributed by atoms with Crippen molar-refractivity contribution in [3.8, 4) is 11.1 Å². The lowest BCUT2D eigenvalue weighted by atomic mass is 9.78. The van der Waals surface area contributed by atoms with Crippen LogP contribution in [0.1, 0.15) is 37.5 Å². The van der Waals surface area contributed by atoms with Gasteiger partial charge in [0.2, 0.25) is 0 Å². The van der Waals surface area contributed by atoms with Crippen LogP contribution in [-0.4, -0.2) is 12.4 Å². The second-order valence-corrected chi connectivity index (χ2v) is 7.55. The van der Waals surface area contributed by atoms with Crippen molar-refractivity contribution in [3.05, 3.63) is 59.2 Å². The highest BCUT2D eigenvalue weighted by Gasteiger charge is 2.67. The number of hydrogen-bond acceptors (Lipinski definition) is 0. The summed E-state index contributed by atoms with van der Waals surface area (Å²) in [7, 11) is 0. The first-order valence-electron chi connectivity index (χ1n) is 8.16. The van der Waals surface area contributed by atoms with Crippen LogP contribution in [0, 0.1) is 5.41 Å². The van der Waals surface area contributed by atoms with Crippen molar-refractivity contribution >= 4 is 0 Å². The molecule has 3 rings (SSSR count). The third kappa shape index (κ3) is 2.61. The van der Waals surface area contributed by atoms with Crippen molar-refractivity contribution < 1.29 is 26.3 Å². The van der Waals surface area contributed by atoms with Crippen molar-refractivity contribution in [2.45, 2.75) is 45.0 Å². The van der Waals surface area contributed by atoms with Crippen LogP contribution in [0.4, 0.5) is 26.3 Å². The van der Waals surface area contributed by atoms with Gasteiger partial charge in [-0.1, -0.05) is 56.3 Å². The maximum atomic E-state index is 13.2. The van der Waals surface area contributed by atoms with E-state index < -0.39 is 29.6 Å². The minimum atomic E-state index is -5.39. The smallest absolute Gasteiger partial charge is 0.170 e. The van der Waals surface area contributed by atoms with E-state index in [0.29, 0.717) is 0 Å². The van der Waals surface area contributed by atoms with E-state index in [4.69, 9.17) is 0 Å². The molecule has 2 aromatic carbocycles. The minimum Gasteiger partial charge on any atom is -0.170 e. The van der Waals surface area contributed by atoms with Crippen molar-refractivity contribution in [1.82, 2.24) is 0 Å². The SMILES string of the molecule is CC1(C)c2ccccc2-c2ccc(CC(C)(C(F)(F)F)C(F)(F)F)cc21. The molecule has 6 heteroatoms. The largest absolute Gasteiger partial charge is 0.403 e. The summed E-state index contributed by atoms with van der Waals surface area (Å²) in [5, 5.41) is 0. The first-order valence-corrected chi connectivity index (χ1v) is 8.16. The lowest BCUT2D eigenvalue weighted by Gasteiger charge is -2.34. The summed E-state index contributed by atoms with van der Waals surface area (Å²) in [4.78, 5) is 0. The molecular formula is C20H18F6. The zero-order valence-electron chi connectivity index (χ0n) is 14.5. The van der Waals surface area contributed by atoms with E-state index >= 15 is 0 Å². The van der Waals surface area contributed by atoms with Gasteiger partial charge in [-0.15, -0.1) is 0 Å². The average Bonchev–Trinajstić information content (AvgIpc) is 2.74. The predicted molar refractivity (Wildman–Crippen MR) is 87.9 cm³/mol. The lowest BCUT2D eigenvalue weighted by molar-refractivity contribution is -0.334. The van der Waals surface area contributed by atoms with Crippen LogP contribution in [0.3, 0.4) is 0 Å². The second kappa shape index (κ2) is 5.51. The molecule has 0 aromatic heterocycles. The van der Waals surface area contributed by atoms with Crippen molar-refractivity contribution in [2.75, 3.05) is 0 Å². The van der Waals surface area contributed by atoms with E-state index in [0.717, 1.165) is 22.3 Å². The molecule has 26 heavy (non-hydrogen) atoms. The monoisotopic (exact) mass is 372 g/mol. The van der Waals surface area contributed by atoms with Gasteiger partial charge in [0.15, 0.2) is 5.41 Å². The van der Waals surface area contributed by atoms with E-state index in [1.54, 1.807) is 6.07 Å². The number of alkyl halides is 6. The topological polar surface area (TPSA) is 0 Å². The van der Waals surface area contributed by atoms with E-state index in [1.807, 2.05) is 38.1 Å². The number of benzene rings is 2. The van der Waals surface area contributed by atoms with Gasteiger partial charge in [-0.3, -0.25) is 0 Å². The standard InChI is InChI=1S/C20H18F6/c1-17(2)15-7-5-4-6-13(15)14-9-8-12(10-16(14)17)11-18(3,19(21,22)23)20(24,25)26/h4-10H,11H2,1-3H3. The molecule has 0 N–H and O–H groups in total. The van der Waals surface area contributed by atoms with Crippen LogP contribution in [0.5, 0.6) is 0 Å². The summed E-state index contributed by atoms with van der Waals surface area (Å²) in [6.45, 7) is 4.07. The van der Waals surface area contributed by atoms with Crippen molar-refractivity contribution in [2.24, 2.45) is 5.41 Å². The molecule has 140 valence electrons. The average molecular weight is 372 g/mol. The van der Waals surface area contributed by atoms with E-state index in [-0.39, 0.29) is 12.5 Å². The Morgan fingerprint density at radius 1 is 0.769 bits per heavy atom. The van der Waals surface area contributed by atoms with Gasteiger partial charge in [-0.25, -0.2) is 0 Å². The number of rotatable bonds is 2. The van der Waals surface area contributed by atoms with Crippen LogP contribution < -0.4 is 0 Å². The van der Waals surface area contributed by atoms with Crippen LogP contribution >= 0.6 is 0 Å². The summed E-state index contributed by atoms with van der Waals surface area (Å²) in [6, 6.07) is 12.1. The molecule has 1 aliphatic carbocycles. The molecule has 0 heterocycles. The summed E-state index contributed by atoms with van der Waals surface area (Å²) in [5.41, 5.74) is -0.645. The summed E-state index contributed by atoms with van der Waals surface area (Å²) in [5.74, 6) is 0. The molecule has 0 aliphatic heterocycles. The Bertz CT molecular complexity index is 828. The minimum absolute atomic E-state index is 0.0294. The van der Waals surface area contributed by atoms with Gasteiger partial charge in [0.1, 0.15) is 0 Å². The maximum Gasteiger partial charge on any atom is 0.403 e. The number of fused-ring (bicyclic) bond motifs is 3. The first kappa shape index (κ1) is 18.8. The fraction of sp³-hybridized carbons (Fsp3) is 0.400. The van der Waals surface area contributed by atoms with Crippen LogP contribution in [0.2, 0.25) is 0 Å². The summed E-state index contributed by atoms with van der Waals surface area (Å²) < 4.78 is 79.2. The molecular weight excluding hydrogens is 354 g/mol. The Morgan fingerprint density at radius 3 is 1.88 bits per heavy atom. The molecule has 0 atom stereocenters. The summed E-state index contributed by atoms with van der Waals surface area (Å²) in [6.07, 6.45) is -11.9. The molecule has 2 aromatic rings. The second-order valence-electron chi connectivity index (χ2n) is 7.55. The summed E-state index contributed by atoms with van der Waals surface area (Å²) >= 11 is 0. The molecule has 0 saturated carbocycles. The molecule has 0 spiro atoms. The lowest BCUT2D eigenvalue weighted by Crippen LogP contribution is -2.49. The van der Waals surface area contributed by atoms with Crippen molar-refractivity contribution in [1.29, 1.82) is 0 Å². The quantitative estimate of drug-likeness (QED) is 0.517. The third-order valence-corrected chi connectivity index (χ3v) is 5.46. The molecule has 0 unspecified atom stereocenters. The Hall–Kier alpha value is -1.98. The Kier molecular flexibility index (Phi) is 3.98. The Balaban J connectivity index is 2.08. The Labute approximate surface area is 147 Å². The molecule has 0 bridgehead atoms. The fourth-order valence-electron chi connectivity index (χ4n) is 3.63. The van der Waals surface area contributed by atoms with Gasteiger partial charge < -0.3 is 0 Å². The normalized spacial score (nSPS) is 16.3. The Morgan fingerprint density at radius 2 is 1.31 bits per heavy atom. The van der Waals surface area contributed by atoms with Gasteiger partial charge in [0, 0.05) is 5.41 Å². The van der Waals surface area contributed by atoms with Crippen LogP contribution in [0.25, 0.3) is 11.1 Å². The van der Waals surface area contributed by atoms with Crippen LogP contribution in [-0.2, 0) is 11.8 Å². The number of hydrogen-bond donors (Lipinski definition) is 0. The van der Waals surface area contributed by atoms with Gasteiger partial charge in [0.05, 0.1) is 0 Å². The zero-order valence-corrected chi connectivity index (χ0v) is 14.5.